The Kier molecular flexibility index (Phi) is 9.16. The second kappa shape index (κ2) is 12.9. The van der Waals surface area contributed by atoms with Crippen molar-refractivity contribution in [2.24, 2.45) is 5.92 Å². The SMILES string of the molecule is CC(C)c1ccc(C[C@H](NC(=O)c2cc3ccc(C(=O)c4ccc(C(C)(C)C)cc4)cc3c(CC3CC=CC3)n2)C(=O)O)s1. The van der Waals surface area contributed by atoms with Gasteiger partial charge in [-0.2, -0.15) is 0 Å². The van der Waals surface area contributed by atoms with E-state index >= 15 is 0 Å². The van der Waals surface area contributed by atoms with Gasteiger partial charge in [-0.1, -0.05) is 83.2 Å². The van der Waals surface area contributed by atoms with Crippen LogP contribution < -0.4 is 5.32 Å². The molecule has 44 heavy (non-hydrogen) atoms. The summed E-state index contributed by atoms with van der Waals surface area (Å²) in [6.45, 7) is 10.6. The van der Waals surface area contributed by atoms with Gasteiger partial charge >= 0.3 is 5.97 Å². The van der Waals surface area contributed by atoms with E-state index in [0.717, 1.165) is 39.7 Å². The number of allylic oxidation sites excluding steroid dienone is 2. The summed E-state index contributed by atoms with van der Waals surface area (Å²) in [5.41, 5.74) is 3.26. The largest absolute Gasteiger partial charge is 0.480 e. The number of carbonyl (C=O) groups excluding carboxylic acids is 2. The molecule has 1 amide bonds. The van der Waals surface area contributed by atoms with Gasteiger partial charge in [-0.25, -0.2) is 9.78 Å². The van der Waals surface area contributed by atoms with Gasteiger partial charge in [-0.3, -0.25) is 9.59 Å². The molecule has 0 saturated heterocycles. The summed E-state index contributed by atoms with van der Waals surface area (Å²) in [6.07, 6.45) is 7.03. The molecule has 4 aromatic rings. The van der Waals surface area contributed by atoms with Crippen molar-refractivity contribution in [3.05, 3.63) is 111 Å². The Labute approximate surface area is 263 Å². The monoisotopic (exact) mass is 608 g/mol. The normalized spacial score (nSPS) is 14.3. The summed E-state index contributed by atoms with van der Waals surface area (Å²) in [5, 5.41) is 14.3. The molecule has 2 aromatic carbocycles. The van der Waals surface area contributed by atoms with Crippen LogP contribution in [0.2, 0.25) is 0 Å². The number of pyridine rings is 1. The zero-order valence-corrected chi connectivity index (χ0v) is 26.8. The predicted octanol–water partition coefficient (Wildman–Crippen LogP) is 7.88. The third-order valence-electron chi connectivity index (χ3n) is 8.27. The number of fused-ring (bicyclic) bond motifs is 1. The van der Waals surface area contributed by atoms with E-state index in [1.807, 2.05) is 48.5 Å². The van der Waals surface area contributed by atoms with Gasteiger partial charge in [0.05, 0.1) is 0 Å². The standard InChI is InChI=1S/C37H40N2O4S/c1-22(2)33-17-16-28(44-33)21-32(36(42)43)39-35(41)31-20-25-10-11-26(19-29(25)30(38-31)18-23-8-6-7-9-23)34(40)24-12-14-27(15-13-24)37(3,4)5/h6-7,10-17,19-20,22-23,32H,8-9,18,21H2,1-5H3,(H,39,41)(H,42,43)/t32-/m0/s1. The number of aromatic nitrogens is 1. The molecule has 1 aliphatic rings. The molecule has 7 heteroatoms. The number of rotatable bonds is 10. The van der Waals surface area contributed by atoms with Crippen LogP contribution in [0.4, 0.5) is 0 Å². The molecule has 0 saturated carbocycles. The summed E-state index contributed by atoms with van der Waals surface area (Å²) >= 11 is 1.57. The third kappa shape index (κ3) is 7.16. The molecule has 1 atom stereocenters. The van der Waals surface area contributed by atoms with E-state index in [4.69, 9.17) is 4.98 Å². The van der Waals surface area contributed by atoms with Crippen molar-refractivity contribution in [3.8, 4) is 0 Å². The number of thiophene rings is 1. The molecule has 1 aliphatic carbocycles. The zero-order valence-electron chi connectivity index (χ0n) is 26.0. The highest BCUT2D eigenvalue weighted by atomic mass is 32.1. The van der Waals surface area contributed by atoms with Crippen molar-refractivity contribution in [3.63, 3.8) is 0 Å². The van der Waals surface area contributed by atoms with E-state index in [1.54, 1.807) is 23.5 Å². The third-order valence-corrected chi connectivity index (χ3v) is 9.68. The topological polar surface area (TPSA) is 96.4 Å². The van der Waals surface area contributed by atoms with E-state index in [-0.39, 0.29) is 23.3 Å². The summed E-state index contributed by atoms with van der Waals surface area (Å²) in [7, 11) is 0. The Morgan fingerprint density at radius 1 is 0.955 bits per heavy atom. The van der Waals surface area contributed by atoms with Gasteiger partial charge in [-0.05, 0) is 71.7 Å². The van der Waals surface area contributed by atoms with Crippen LogP contribution >= 0.6 is 11.3 Å². The van der Waals surface area contributed by atoms with Crippen molar-refractivity contribution in [1.82, 2.24) is 10.3 Å². The van der Waals surface area contributed by atoms with Crippen molar-refractivity contribution in [2.75, 3.05) is 0 Å². The molecule has 2 heterocycles. The fourth-order valence-corrected chi connectivity index (χ4v) is 6.64. The average molecular weight is 609 g/mol. The van der Waals surface area contributed by atoms with Crippen LogP contribution in [0, 0.1) is 5.92 Å². The Morgan fingerprint density at radius 3 is 2.25 bits per heavy atom. The second-order valence-corrected chi connectivity index (χ2v) is 14.3. The Hall–Kier alpha value is -4.10. The van der Waals surface area contributed by atoms with Crippen molar-refractivity contribution >= 4 is 39.8 Å². The molecule has 0 bridgehead atoms. The quantitative estimate of drug-likeness (QED) is 0.141. The molecule has 0 radical (unpaired) electrons. The van der Waals surface area contributed by atoms with Gasteiger partial charge in [0.1, 0.15) is 11.7 Å². The minimum atomic E-state index is -1.09. The van der Waals surface area contributed by atoms with Crippen LogP contribution in [-0.4, -0.2) is 33.8 Å². The minimum Gasteiger partial charge on any atom is -0.480 e. The maximum absolute atomic E-state index is 13.5. The first-order chi connectivity index (χ1) is 20.9. The van der Waals surface area contributed by atoms with Crippen LogP contribution in [0.5, 0.6) is 0 Å². The number of aliphatic carboxylic acids is 1. The number of nitrogens with one attached hydrogen (secondary N) is 1. The van der Waals surface area contributed by atoms with Crippen LogP contribution in [-0.2, 0) is 23.1 Å². The number of benzene rings is 2. The molecule has 0 unspecified atom stereocenters. The second-order valence-electron chi connectivity index (χ2n) is 13.1. The van der Waals surface area contributed by atoms with E-state index in [2.05, 4.69) is 52.1 Å². The molecule has 2 N–H and O–H groups in total. The first-order valence-corrected chi connectivity index (χ1v) is 16.1. The smallest absolute Gasteiger partial charge is 0.326 e. The van der Waals surface area contributed by atoms with Crippen LogP contribution in [0.25, 0.3) is 10.8 Å². The number of amides is 1. The van der Waals surface area contributed by atoms with E-state index in [9.17, 15) is 19.5 Å². The van der Waals surface area contributed by atoms with Gasteiger partial charge in [-0.15, -0.1) is 11.3 Å². The lowest BCUT2D eigenvalue weighted by Gasteiger charge is -2.19. The molecule has 0 aliphatic heterocycles. The van der Waals surface area contributed by atoms with Crippen molar-refractivity contribution in [2.45, 2.75) is 77.7 Å². The van der Waals surface area contributed by atoms with Crippen LogP contribution in [0.15, 0.2) is 72.8 Å². The molecule has 228 valence electrons. The van der Waals surface area contributed by atoms with Gasteiger partial charge in [0.25, 0.3) is 5.91 Å². The maximum Gasteiger partial charge on any atom is 0.326 e. The number of carbonyl (C=O) groups is 3. The van der Waals surface area contributed by atoms with Crippen molar-refractivity contribution in [1.29, 1.82) is 0 Å². The zero-order chi connectivity index (χ0) is 31.6. The fourth-order valence-electron chi connectivity index (χ4n) is 5.58. The highest BCUT2D eigenvalue weighted by molar-refractivity contribution is 7.12. The average Bonchev–Trinajstić information content (AvgIpc) is 3.68. The number of carboxylic acids is 1. The fraction of sp³-hybridized carbons (Fsp3) is 0.351. The Bertz CT molecular complexity index is 1720. The molecule has 5 rings (SSSR count). The summed E-state index contributed by atoms with van der Waals surface area (Å²) in [5.74, 6) is -0.971. The summed E-state index contributed by atoms with van der Waals surface area (Å²) in [4.78, 5) is 46.0. The molecule has 0 spiro atoms. The highest BCUT2D eigenvalue weighted by Gasteiger charge is 2.25. The molecule has 6 nitrogen and oxygen atoms in total. The predicted molar refractivity (Wildman–Crippen MR) is 177 cm³/mol. The Morgan fingerprint density at radius 2 is 1.64 bits per heavy atom. The number of ketones is 1. The van der Waals surface area contributed by atoms with Gasteiger partial charge in [0.2, 0.25) is 0 Å². The molecular weight excluding hydrogens is 568 g/mol. The minimum absolute atomic E-state index is 0.00404. The van der Waals surface area contributed by atoms with Gasteiger partial charge in [0, 0.05) is 38.4 Å². The number of hydrogen-bond acceptors (Lipinski definition) is 5. The number of nitrogens with zero attached hydrogens (tertiary/aromatic N) is 1. The van der Waals surface area contributed by atoms with Crippen LogP contribution in [0.3, 0.4) is 0 Å². The summed E-state index contributed by atoms with van der Waals surface area (Å²) < 4.78 is 0. The highest BCUT2D eigenvalue weighted by Crippen LogP contribution is 2.29. The Balaban J connectivity index is 1.44. The van der Waals surface area contributed by atoms with Crippen LogP contribution in [0.1, 0.15) is 101 Å². The van der Waals surface area contributed by atoms with Gasteiger partial charge < -0.3 is 10.4 Å². The first-order valence-electron chi connectivity index (χ1n) is 15.2. The lowest BCUT2D eigenvalue weighted by atomic mass is 9.86. The van der Waals surface area contributed by atoms with Gasteiger partial charge in [0.15, 0.2) is 5.78 Å². The van der Waals surface area contributed by atoms with E-state index in [0.29, 0.717) is 29.4 Å². The molecular formula is C37H40N2O4S. The van der Waals surface area contributed by atoms with E-state index in [1.165, 1.54) is 4.88 Å². The lowest BCUT2D eigenvalue weighted by Crippen LogP contribution is -2.42. The first kappa shape index (κ1) is 31.3. The van der Waals surface area contributed by atoms with Crippen molar-refractivity contribution < 1.29 is 19.5 Å². The maximum atomic E-state index is 13.5. The number of carboxylic acid groups (broad SMARTS) is 1. The summed E-state index contributed by atoms with van der Waals surface area (Å²) in [6, 6.07) is 17.8. The molecule has 0 fully saturated rings. The lowest BCUT2D eigenvalue weighted by molar-refractivity contribution is -0.139. The number of hydrogen-bond donors (Lipinski definition) is 2. The van der Waals surface area contributed by atoms with E-state index < -0.39 is 17.9 Å². The molecule has 2 aromatic heterocycles.